The second-order valence-electron chi connectivity index (χ2n) is 3.10. The Balaban J connectivity index is 3.09. The van der Waals surface area contributed by atoms with Gasteiger partial charge in [-0.05, 0) is 18.4 Å². The number of aryl methyl sites for hydroxylation is 1. The fourth-order valence-corrected chi connectivity index (χ4v) is 1.24. The molecule has 60 valence electrons. The van der Waals surface area contributed by atoms with Crippen molar-refractivity contribution < 1.29 is 4.73 Å². The van der Waals surface area contributed by atoms with Gasteiger partial charge >= 0.3 is 0 Å². The van der Waals surface area contributed by atoms with Gasteiger partial charge in [0, 0.05) is 11.6 Å². The zero-order valence-electron chi connectivity index (χ0n) is 7.16. The van der Waals surface area contributed by atoms with E-state index in [4.69, 9.17) is 0 Å². The lowest BCUT2D eigenvalue weighted by atomic mass is 10.0. The highest BCUT2D eigenvalue weighted by atomic mass is 16.5. The molecule has 1 aromatic rings. The molecular formula is C9H13NO. The van der Waals surface area contributed by atoms with E-state index in [-0.39, 0.29) is 0 Å². The topological polar surface area (TPSA) is 26.9 Å². The van der Waals surface area contributed by atoms with Crippen molar-refractivity contribution in [3.8, 4) is 0 Å². The summed E-state index contributed by atoms with van der Waals surface area (Å²) >= 11 is 0. The zero-order valence-corrected chi connectivity index (χ0v) is 7.16. The van der Waals surface area contributed by atoms with E-state index in [2.05, 4.69) is 13.8 Å². The van der Waals surface area contributed by atoms with Crippen LogP contribution in [-0.2, 0) is 0 Å². The monoisotopic (exact) mass is 151 g/mol. The predicted octanol–water partition coefficient (Wildman–Crippen LogP) is 1.75. The van der Waals surface area contributed by atoms with Crippen LogP contribution in [-0.4, -0.2) is 0 Å². The van der Waals surface area contributed by atoms with Gasteiger partial charge in [-0.25, -0.2) is 0 Å². The zero-order chi connectivity index (χ0) is 8.43. The Morgan fingerprint density at radius 3 is 2.55 bits per heavy atom. The smallest absolute Gasteiger partial charge is 0.183 e. The van der Waals surface area contributed by atoms with Gasteiger partial charge in [-0.3, -0.25) is 0 Å². The molecule has 0 bridgehead atoms. The standard InChI is InChI=1S/C9H13NO/c1-7(2)9-4-5-10(11)6-8(9)3/h4-7H,1-3H3. The molecule has 0 spiro atoms. The minimum atomic E-state index is 0.496. The Morgan fingerprint density at radius 2 is 2.09 bits per heavy atom. The van der Waals surface area contributed by atoms with Crippen molar-refractivity contribution in [3.63, 3.8) is 0 Å². The van der Waals surface area contributed by atoms with Gasteiger partial charge in [-0.15, -0.1) is 0 Å². The van der Waals surface area contributed by atoms with Crippen LogP contribution in [0.15, 0.2) is 18.5 Å². The van der Waals surface area contributed by atoms with E-state index in [0.29, 0.717) is 5.92 Å². The normalized spacial score (nSPS) is 10.5. The second kappa shape index (κ2) is 2.91. The first-order valence-corrected chi connectivity index (χ1v) is 3.80. The average Bonchev–Trinajstić information content (AvgIpc) is 1.85. The van der Waals surface area contributed by atoms with Crippen LogP contribution < -0.4 is 4.73 Å². The molecule has 1 aromatic heterocycles. The van der Waals surface area contributed by atoms with Crippen LogP contribution in [0, 0.1) is 12.1 Å². The number of aromatic nitrogens is 1. The molecule has 0 amide bonds. The van der Waals surface area contributed by atoms with E-state index in [9.17, 15) is 5.21 Å². The molecule has 0 atom stereocenters. The molecule has 2 heteroatoms. The number of pyridine rings is 1. The Kier molecular flexibility index (Phi) is 2.13. The molecule has 1 rings (SSSR count). The molecule has 11 heavy (non-hydrogen) atoms. The van der Waals surface area contributed by atoms with Crippen LogP contribution in [0.1, 0.15) is 30.9 Å². The molecule has 0 aliphatic carbocycles. The molecule has 0 N–H and O–H groups in total. The molecule has 0 fully saturated rings. The summed E-state index contributed by atoms with van der Waals surface area (Å²) in [6.07, 6.45) is 3.15. The quantitative estimate of drug-likeness (QED) is 0.443. The van der Waals surface area contributed by atoms with Crippen molar-refractivity contribution in [1.82, 2.24) is 0 Å². The van der Waals surface area contributed by atoms with Crippen LogP contribution in [0.3, 0.4) is 0 Å². The van der Waals surface area contributed by atoms with Crippen molar-refractivity contribution in [2.75, 3.05) is 0 Å². The molecule has 0 aliphatic heterocycles. The third-order valence-corrected chi connectivity index (χ3v) is 1.80. The summed E-state index contributed by atoms with van der Waals surface area (Å²) in [4.78, 5) is 0. The number of rotatable bonds is 1. The van der Waals surface area contributed by atoms with E-state index >= 15 is 0 Å². The highest BCUT2D eigenvalue weighted by molar-refractivity contribution is 5.22. The molecule has 0 radical (unpaired) electrons. The molecular weight excluding hydrogens is 138 g/mol. The van der Waals surface area contributed by atoms with Gasteiger partial charge in [0.1, 0.15) is 0 Å². The van der Waals surface area contributed by atoms with E-state index < -0.39 is 0 Å². The molecule has 0 saturated carbocycles. The fourth-order valence-electron chi connectivity index (χ4n) is 1.24. The van der Waals surface area contributed by atoms with Gasteiger partial charge in [0.15, 0.2) is 12.4 Å². The van der Waals surface area contributed by atoms with E-state index in [1.54, 1.807) is 12.4 Å². The van der Waals surface area contributed by atoms with Gasteiger partial charge in [0.25, 0.3) is 0 Å². The first-order chi connectivity index (χ1) is 5.11. The summed E-state index contributed by atoms with van der Waals surface area (Å²) in [5, 5.41) is 10.8. The summed E-state index contributed by atoms with van der Waals surface area (Å²) in [5.74, 6) is 0.496. The summed E-state index contributed by atoms with van der Waals surface area (Å²) in [7, 11) is 0. The Hall–Kier alpha value is -1.05. The van der Waals surface area contributed by atoms with Gasteiger partial charge in [0.2, 0.25) is 0 Å². The Bertz CT molecular complexity index is 256. The number of nitrogens with zero attached hydrogens (tertiary/aromatic N) is 1. The van der Waals surface area contributed by atoms with Crippen LogP contribution in [0.4, 0.5) is 0 Å². The van der Waals surface area contributed by atoms with Crippen LogP contribution >= 0.6 is 0 Å². The van der Waals surface area contributed by atoms with E-state index in [1.807, 2.05) is 13.0 Å². The van der Waals surface area contributed by atoms with Crippen LogP contribution in [0.25, 0.3) is 0 Å². The van der Waals surface area contributed by atoms with E-state index in [1.165, 1.54) is 5.56 Å². The predicted molar refractivity (Wildman–Crippen MR) is 44.2 cm³/mol. The molecule has 1 heterocycles. The maximum Gasteiger partial charge on any atom is 0.183 e. The summed E-state index contributed by atoms with van der Waals surface area (Å²) in [6.45, 7) is 6.21. The molecule has 2 nitrogen and oxygen atoms in total. The maximum absolute atomic E-state index is 10.8. The first-order valence-electron chi connectivity index (χ1n) is 3.80. The van der Waals surface area contributed by atoms with Gasteiger partial charge < -0.3 is 5.21 Å². The van der Waals surface area contributed by atoms with Crippen LogP contribution in [0.5, 0.6) is 0 Å². The lowest BCUT2D eigenvalue weighted by Crippen LogP contribution is -2.25. The lowest BCUT2D eigenvalue weighted by Gasteiger charge is -2.07. The fraction of sp³-hybridized carbons (Fsp3) is 0.444. The third-order valence-electron chi connectivity index (χ3n) is 1.80. The SMILES string of the molecule is Cc1c[n+]([O-])ccc1C(C)C. The highest BCUT2D eigenvalue weighted by Crippen LogP contribution is 2.15. The molecule has 0 aliphatic rings. The minimum Gasteiger partial charge on any atom is -0.619 e. The number of hydrogen-bond donors (Lipinski definition) is 0. The molecule has 0 aromatic carbocycles. The summed E-state index contributed by atoms with van der Waals surface area (Å²) < 4.78 is 0.835. The largest absolute Gasteiger partial charge is 0.619 e. The Labute approximate surface area is 67.1 Å². The first kappa shape index (κ1) is 8.05. The van der Waals surface area contributed by atoms with Crippen molar-refractivity contribution in [2.45, 2.75) is 26.7 Å². The van der Waals surface area contributed by atoms with Gasteiger partial charge in [-0.2, -0.15) is 4.73 Å². The van der Waals surface area contributed by atoms with Crippen molar-refractivity contribution in [3.05, 3.63) is 34.8 Å². The lowest BCUT2D eigenvalue weighted by molar-refractivity contribution is -0.605. The number of hydrogen-bond acceptors (Lipinski definition) is 1. The van der Waals surface area contributed by atoms with Crippen molar-refractivity contribution in [2.24, 2.45) is 0 Å². The third kappa shape index (κ3) is 1.70. The highest BCUT2D eigenvalue weighted by Gasteiger charge is 2.04. The maximum atomic E-state index is 10.8. The average molecular weight is 151 g/mol. The summed E-state index contributed by atoms with van der Waals surface area (Å²) in [6, 6.07) is 1.88. The van der Waals surface area contributed by atoms with Crippen LogP contribution in [0.2, 0.25) is 0 Å². The van der Waals surface area contributed by atoms with E-state index in [0.717, 1.165) is 10.3 Å². The van der Waals surface area contributed by atoms with Gasteiger partial charge in [0.05, 0.1) is 0 Å². The second-order valence-corrected chi connectivity index (χ2v) is 3.10. The van der Waals surface area contributed by atoms with Gasteiger partial charge in [-0.1, -0.05) is 13.8 Å². The molecule has 0 saturated heterocycles. The van der Waals surface area contributed by atoms with Crippen molar-refractivity contribution >= 4 is 0 Å². The Morgan fingerprint density at radius 1 is 1.45 bits per heavy atom. The minimum absolute atomic E-state index is 0.496. The summed E-state index contributed by atoms with van der Waals surface area (Å²) in [5.41, 5.74) is 2.31. The van der Waals surface area contributed by atoms with Crippen molar-refractivity contribution in [1.29, 1.82) is 0 Å². The molecule has 0 unspecified atom stereocenters.